The summed E-state index contributed by atoms with van der Waals surface area (Å²) in [7, 11) is 2.06. The van der Waals surface area contributed by atoms with Crippen LogP contribution in [0.15, 0.2) is 24.3 Å². The van der Waals surface area contributed by atoms with Crippen LogP contribution in [0.4, 0.5) is 5.69 Å². The molecule has 0 bridgehead atoms. The van der Waals surface area contributed by atoms with Gasteiger partial charge in [0.2, 0.25) is 0 Å². The summed E-state index contributed by atoms with van der Waals surface area (Å²) >= 11 is 0. The molecule has 1 heterocycles. The number of nitrogens with one attached hydrogen (secondary N) is 1. The van der Waals surface area contributed by atoms with Gasteiger partial charge in [0.05, 0.1) is 0 Å². The van der Waals surface area contributed by atoms with Gasteiger partial charge in [-0.3, -0.25) is 0 Å². The number of fused-ring (bicyclic) bond motifs is 1. The van der Waals surface area contributed by atoms with E-state index in [1.54, 1.807) is 0 Å². The molecular formula is C14H20N2. The molecule has 1 saturated carbocycles. The van der Waals surface area contributed by atoms with E-state index in [1.165, 1.54) is 43.6 Å². The smallest absolute Gasteiger partial charge is 0.0402 e. The fourth-order valence-electron chi connectivity index (χ4n) is 3.17. The number of benzene rings is 1. The Morgan fingerprint density at radius 1 is 1.31 bits per heavy atom. The predicted molar refractivity (Wildman–Crippen MR) is 67.9 cm³/mol. The van der Waals surface area contributed by atoms with Crippen molar-refractivity contribution < 1.29 is 0 Å². The Balaban J connectivity index is 1.78. The lowest BCUT2D eigenvalue weighted by Crippen LogP contribution is -2.49. The van der Waals surface area contributed by atoms with E-state index in [2.05, 4.69) is 41.5 Å². The first-order valence-electron chi connectivity index (χ1n) is 6.39. The molecule has 1 aliphatic carbocycles. The van der Waals surface area contributed by atoms with Crippen LogP contribution in [0, 0.1) is 5.92 Å². The van der Waals surface area contributed by atoms with Crippen LogP contribution in [0.5, 0.6) is 0 Å². The zero-order valence-electron chi connectivity index (χ0n) is 9.95. The SMILES string of the molecule is CNCC1CCC1N1CCc2ccccc21. The number of rotatable bonds is 3. The summed E-state index contributed by atoms with van der Waals surface area (Å²) < 4.78 is 0. The molecule has 3 rings (SSSR count). The second kappa shape index (κ2) is 4.10. The number of anilines is 1. The topological polar surface area (TPSA) is 15.3 Å². The van der Waals surface area contributed by atoms with Crippen molar-refractivity contribution >= 4 is 5.69 Å². The molecule has 16 heavy (non-hydrogen) atoms. The van der Waals surface area contributed by atoms with Crippen LogP contribution in [0.2, 0.25) is 0 Å². The molecule has 0 amide bonds. The van der Waals surface area contributed by atoms with Crippen LogP contribution >= 0.6 is 0 Å². The summed E-state index contributed by atoms with van der Waals surface area (Å²) in [6, 6.07) is 9.69. The van der Waals surface area contributed by atoms with Gasteiger partial charge in [-0.05, 0) is 50.4 Å². The van der Waals surface area contributed by atoms with Gasteiger partial charge in [0.25, 0.3) is 0 Å². The predicted octanol–water partition coefficient (Wildman–Crippen LogP) is 2.05. The van der Waals surface area contributed by atoms with Crippen molar-refractivity contribution in [2.24, 2.45) is 5.92 Å². The molecule has 1 aromatic carbocycles. The first kappa shape index (κ1) is 10.2. The van der Waals surface area contributed by atoms with Gasteiger partial charge >= 0.3 is 0 Å². The summed E-state index contributed by atoms with van der Waals surface area (Å²) in [6.07, 6.45) is 4.00. The van der Waals surface area contributed by atoms with E-state index in [4.69, 9.17) is 0 Å². The maximum absolute atomic E-state index is 3.32. The molecule has 0 radical (unpaired) electrons. The summed E-state index contributed by atoms with van der Waals surface area (Å²) in [5.41, 5.74) is 3.03. The Labute approximate surface area is 97.6 Å². The lowest BCUT2D eigenvalue weighted by molar-refractivity contribution is 0.241. The standard InChI is InChI=1S/C14H20N2/c1-15-10-12-6-7-14(12)16-9-8-11-4-2-3-5-13(11)16/h2-5,12,14-15H,6-10H2,1H3. The molecule has 1 fully saturated rings. The number of hydrogen-bond acceptors (Lipinski definition) is 2. The fraction of sp³-hybridized carbons (Fsp3) is 0.571. The van der Waals surface area contributed by atoms with E-state index in [9.17, 15) is 0 Å². The molecule has 86 valence electrons. The summed E-state index contributed by atoms with van der Waals surface area (Å²) in [6.45, 7) is 2.40. The molecule has 2 unspecified atom stereocenters. The Kier molecular flexibility index (Phi) is 2.60. The van der Waals surface area contributed by atoms with Crippen molar-refractivity contribution in [2.45, 2.75) is 25.3 Å². The monoisotopic (exact) mass is 216 g/mol. The maximum atomic E-state index is 3.32. The average molecular weight is 216 g/mol. The molecule has 1 aromatic rings. The van der Waals surface area contributed by atoms with Crippen LogP contribution in [0.1, 0.15) is 18.4 Å². The molecule has 0 spiro atoms. The third-order valence-corrected chi connectivity index (χ3v) is 4.17. The highest BCUT2D eigenvalue weighted by Crippen LogP contribution is 2.38. The second-order valence-electron chi connectivity index (χ2n) is 5.03. The lowest BCUT2D eigenvalue weighted by atomic mass is 9.78. The van der Waals surface area contributed by atoms with E-state index >= 15 is 0 Å². The van der Waals surface area contributed by atoms with Crippen molar-refractivity contribution in [3.8, 4) is 0 Å². The minimum absolute atomic E-state index is 0.788. The highest BCUT2D eigenvalue weighted by atomic mass is 15.2. The number of nitrogens with zero attached hydrogens (tertiary/aromatic N) is 1. The van der Waals surface area contributed by atoms with E-state index in [1.807, 2.05) is 0 Å². The Morgan fingerprint density at radius 3 is 2.94 bits per heavy atom. The first-order chi connectivity index (χ1) is 7.90. The normalized spacial score (nSPS) is 27.7. The quantitative estimate of drug-likeness (QED) is 0.832. The highest BCUT2D eigenvalue weighted by Gasteiger charge is 2.37. The molecule has 0 saturated heterocycles. The van der Waals surface area contributed by atoms with Gasteiger partial charge in [0, 0.05) is 18.3 Å². The largest absolute Gasteiger partial charge is 0.368 e. The average Bonchev–Trinajstić information content (AvgIpc) is 2.69. The van der Waals surface area contributed by atoms with Crippen LogP contribution in [0.3, 0.4) is 0 Å². The third kappa shape index (κ3) is 1.52. The minimum atomic E-state index is 0.788. The third-order valence-electron chi connectivity index (χ3n) is 4.17. The van der Waals surface area contributed by atoms with E-state index in [0.717, 1.165) is 12.0 Å². The van der Waals surface area contributed by atoms with E-state index in [0.29, 0.717) is 0 Å². The van der Waals surface area contributed by atoms with Crippen molar-refractivity contribution in [3.05, 3.63) is 29.8 Å². The second-order valence-corrected chi connectivity index (χ2v) is 5.03. The minimum Gasteiger partial charge on any atom is -0.368 e. The lowest BCUT2D eigenvalue weighted by Gasteiger charge is -2.44. The van der Waals surface area contributed by atoms with E-state index < -0.39 is 0 Å². The van der Waals surface area contributed by atoms with Gasteiger partial charge in [-0.1, -0.05) is 18.2 Å². The molecular weight excluding hydrogens is 196 g/mol. The summed E-state index contributed by atoms with van der Waals surface area (Å²) in [5.74, 6) is 0.858. The van der Waals surface area contributed by atoms with Gasteiger partial charge in [-0.25, -0.2) is 0 Å². The van der Waals surface area contributed by atoms with Crippen molar-refractivity contribution in [3.63, 3.8) is 0 Å². The Morgan fingerprint density at radius 2 is 2.19 bits per heavy atom. The maximum Gasteiger partial charge on any atom is 0.0402 e. The molecule has 2 nitrogen and oxygen atoms in total. The van der Waals surface area contributed by atoms with Gasteiger partial charge in [0.1, 0.15) is 0 Å². The zero-order valence-corrected chi connectivity index (χ0v) is 9.95. The molecule has 0 aromatic heterocycles. The van der Waals surface area contributed by atoms with Gasteiger partial charge in [-0.2, -0.15) is 0 Å². The first-order valence-corrected chi connectivity index (χ1v) is 6.39. The summed E-state index contributed by atoms with van der Waals surface area (Å²) in [4.78, 5) is 2.64. The van der Waals surface area contributed by atoms with Crippen LogP contribution < -0.4 is 10.2 Å². The zero-order chi connectivity index (χ0) is 11.0. The molecule has 1 N–H and O–H groups in total. The van der Waals surface area contributed by atoms with Crippen molar-refractivity contribution in [2.75, 3.05) is 25.0 Å². The van der Waals surface area contributed by atoms with Crippen molar-refractivity contribution in [1.29, 1.82) is 0 Å². The molecule has 2 atom stereocenters. The molecule has 2 heteroatoms. The van der Waals surface area contributed by atoms with Crippen LogP contribution in [-0.4, -0.2) is 26.2 Å². The summed E-state index contributed by atoms with van der Waals surface area (Å²) in [5, 5.41) is 3.32. The van der Waals surface area contributed by atoms with Crippen LogP contribution in [-0.2, 0) is 6.42 Å². The number of hydrogen-bond donors (Lipinski definition) is 1. The van der Waals surface area contributed by atoms with Gasteiger partial charge < -0.3 is 10.2 Å². The Hall–Kier alpha value is -1.02. The molecule has 2 aliphatic rings. The van der Waals surface area contributed by atoms with Crippen molar-refractivity contribution in [1.82, 2.24) is 5.32 Å². The highest BCUT2D eigenvalue weighted by molar-refractivity contribution is 5.59. The number of para-hydroxylation sites is 1. The van der Waals surface area contributed by atoms with E-state index in [-0.39, 0.29) is 0 Å². The molecule has 1 aliphatic heterocycles. The van der Waals surface area contributed by atoms with Gasteiger partial charge in [0.15, 0.2) is 0 Å². The Bertz CT molecular complexity index is 375. The fourth-order valence-corrected chi connectivity index (χ4v) is 3.17. The van der Waals surface area contributed by atoms with Gasteiger partial charge in [-0.15, -0.1) is 0 Å². The van der Waals surface area contributed by atoms with Crippen LogP contribution in [0.25, 0.3) is 0 Å².